The van der Waals surface area contributed by atoms with Crippen LogP contribution in [-0.2, 0) is 14.3 Å². The summed E-state index contributed by atoms with van der Waals surface area (Å²) in [7, 11) is 1.38. The third kappa shape index (κ3) is 2.66. The van der Waals surface area contributed by atoms with E-state index in [1.54, 1.807) is 0 Å². The molecule has 0 saturated heterocycles. The summed E-state index contributed by atoms with van der Waals surface area (Å²) in [4.78, 5) is 24.9. The fourth-order valence-corrected chi connectivity index (χ4v) is 6.64. The van der Waals surface area contributed by atoms with Crippen LogP contribution in [0.15, 0.2) is 12.2 Å². The largest absolute Gasteiger partial charge is 0.469 e. The highest BCUT2D eigenvalue weighted by Gasteiger charge is 2.67. The minimum Gasteiger partial charge on any atom is -0.469 e. The normalized spacial score (nSPS) is 42.5. The Morgan fingerprint density at radius 1 is 1.42 bits per heavy atom. The molecule has 4 aliphatic carbocycles. The van der Waals surface area contributed by atoms with Gasteiger partial charge in [-0.1, -0.05) is 19.1 Å². The average Bonchev–Trinajstić information content (AvgIpc) is 2.55. The first kappa shape index (κ1) is 19.6. The number of esters is 1. The van der Waals surface area contributed by atoms with Crippen molar-refractivity contribution in [3.63, 3.8) is 0 Å². The van der Waals surface area contributed by atoms with Crippen molar-refractivity contribution in [2.45, 2.75) is 71.0 Å². The van der Waals surface area contributed by atoms with E-state index < -0.39 is 17.1 Å². The number of methoxy groups -OCH3 is 1. The lowest BCUT2D eigenvalue weighted by Gasteiger charge is -2.65. The van der Waals surface area contributed by atoms with Gasteiger partial charge in [0.1, 0.15) is 6.10 Å². The molecule has 6 unspecified atom stereocenters. The molecule has 0 heterocycles. The summed E-state index contributed by atoms with van der Waals surface area (Å²) < 4.78 is 4.84. The summed E-state index contributed by atoms with van der Waals surface area (Å²) in [5.74, 6) is -0.502. The third-order valence-electron chi connectivity index (χ3n) is 7.78. The highest BCUT2D eigenvalue weighted by atomic mass is 16.5. The average molecular weight is 364 g/mol. The zero-order chi connectivity index (χ0) is 19.5. The van der Waals surface area contributed by atoms with E-state index in [1.165, 1.54) is 7.11 Å². The van der Waals surface area contributed by atoms with Gasteiger partial charge in [-0.2, -0.15) is 0 Å². The maximum atomic E-state index is 13.1. The predicted octanol–water partition coefficient (Wildman–Crippen LogP) is 2.64. The molecule has 26 heavy (non-hydrogen) atoms. The number of hydrogen-bond donors (Lipinski definition) is 2. The van der Waals surface area contributed by atoms with Gasteiger partial charge in [0.25, 0.3) is 0 Å². The van der Waals surface area contributed by atoms with Crippen molar-refractivity contribution < 1.29 is 24.5 Å². The molecule has 0 aromatic rings. The first-order valence-corrected chi connectivity index (χ1v) is 9.66. The number of carbonyl (C=O) groups is 2. The Morgan fingerprint density at radius 2 is 2.08 bits per heavy atom. The molecule has 0 aromatic carbocycles. The Kier molecular flexibility index (Phi) is 4.64. The van der Waals surface area contributed by atoms with E-state index >= 15 is 0 Å². The fraction of sp³-hybridized carbons (Fsp3) is 0.810. The molecule has 2 N–H and O–H groups in total. The minimum atomic E-state index is -0.948. The monoisotopic (exact) mass is 364 g/mol. The number of carbonyl (C=O) groups excluding carboxylic acids is 2. The van der Waals surface area contributed by atoms with Gasteiger partial charge in [-0.05, 0) is 63.2 Å². The number of rotatable bonds is 4. The Balaban J connectivity index is 2.03. The lowest BCUT2D eigenvalue weighted by molar-refractivity contribution is -0.195. The maximum Gasteiger partial charge on any atom is 0.305 e. The van der Waals surface area contributed by atoms with Gasteiger partial charge < -0.3 is 14.9 Å². The third-order valence-corrected chi connectivity index (χ3v) is 7.78. The first-order chi connectivity index (χ1) is 12.0. The number of hydrogen-bond acceptors (Lipinski definition) is 5. The van der Waals surface area contributed by atoms with Gasteiger partial charge >= 0.3 is 5.97 Å². The number of Topliss-reactive ketones (excluding diaryl/α,β-unsaturated/α-hetero) is 1. The molecule has 4 rings (SSSR count). The molecule has 0 radical (unpaired) electrons. The molecule has 4 aliphatic rings. The molecule has 4 fully saturated rings. The molecule has 2 bridgehead atoms. The van der Waals surface area contributed by atoms with Gasteiger partial charge in [0.2, 0.25) is 0 Å². The molecule has 1 spiro atoms. The van der Waals surface area contributed by atoms with Crippen LogP contribution in [0.5, 0.6) is 0 Å². The van der Waals surface area contributed by atoms with Crippen LogP contribution >= 0.6 is 0 Å². The quantitative estimate of drug-likeness (QED) is 0.592. The van der Waals surface area contributed by atoms with Crippen LogP contribution in [0.1, 0.15) is 59.3 Å². The van der Waals surface area contributed by atoms with Crippen LogP contribution in [0, 0.1) is 28.6 Å². The number of ether oxygens (including phenoxy) is 1. The van der Waals surface area contributed by atoms with E-state index in [0.717, 1.165) is 5.57 Å². The van der Waals surface area contributed by atoms with Crippen molar-refractivity contribution in [3.05, 3.63) is 12.2 Å². The molecular weight excluding hydrogens is 332 g/mol. The Bertz CT molecular complexity index is 633. The maximum absolute atomic E-state index is 13.1. The second kappa shape index (κ2) is 6.16. The molecule has 146 valence electrons. The zero-order valence-corrected chi connectivity index (χ0v) is 16.4. The van der Waals surface area contributed by atoms with Crippen molar-refractivity contribution >= 4 is 11.8 Å². The molecule has 5 heteroatoms. The summed E-state index contributed by atoms with van der Waals surface area (Å²) in [5.41, 5.74) is -0.899. The lowest BCUT2D eigenvalue weighted by Crippen LogP contribution is -2.66. The summed E-state index contributed by atoms with van der Waals surface area (Å²) in [6.07, 6.45) is 2.60. The molecule has 6 atom stereocenters. The molecule has 0 aromatic heterocycles. The van der Waals surface area contributed by atoms with E-state index in [1.807, 2.05) is 13.8 Å². The molecule has 0 amide bonds. The number of ketones is 1. The van der Waals surface area contributed by atoms with E-state index in [0.29, 0.717) is 32.1 Å². The van der Waals surface area contributed by atoms with Crippen molar-refractivity contribution in [1.29, 1.82) is 0 Å². The van der Waals surface area contributed by atoms with Crippen LogP contribution in [0.4, 0.5) is 0 Å². The summed E-state index contributed by atoms with van der Waals surface area (Å²) in [5, 5.41) is 21.4. The van der Waals surface area contributed by atoms with E-state index in [4.69, 9.17) is 4.74 Å². The zero-order valence-electron chi connectivity index (χ0n) is 16.4. The summed E-state index contributed by atoms with van der Waals surface area (Å²) in [6, 6.07) is 0. The van der Waals surface area contributed by atoms with Crippen molar-refractivity contribution in [2.75, 3.05) is 7.11 Å². The molecule has 4 saturated carbocycles. The Hall–Kier alpha value is -1.20. The first-order valence-electron chi connectivity index (χ1n) is 9.66. The van der Waals surface area contributed by atoms with Gasteiger partial charge in [0.05, 0.1) is 12.7 Å². The van der Waals surface area contributed by atoms with Crippen LogP contribution in [0.2, 0.25) is 0 Å². The summed E-state index contributed by atoms with van der Waals surface area (Å²) in [6.45, 7) is 9.90. The van der Waals surface area contributed by atoms with Crippen LogP contribution in [0.25, 0.3) is 0 Å². The van der Waals surface area contributed by atoms with Crippen LogP contribution in [-0.4, -0.2) is 40.8 Å². The Morgan fingerprint density at radius 3 is 2.65 bits per heavy atom. The molecular formula is C21H32O5. The van der Waals surface area contributed by atoms with Crippen LogP contribution in [0.3, 0.4) is 0 Å². The van der Waals surface area contributed by atoms with Gasteiger partial charge in [0.15, 0.2) is 5.78 Å². The van der Waals surface area contributed by atoms with Gasteiger partial charge in [0, 0.05) is 17.8 Å². The van der Waals surface area contributed by atoms with Crippen molar-refractivity contribution in [1.82, 2.24) is 0 Å². The van der Waals surface area contributed by atoms with Crippen molar-refractivity contribution in [3.8, 4) is 0 Å². The van der Waals surface area contributed by atoms with E-state index in [9.17, 15) is 19.8 Å². The second-order valence-electron chi connectivity index (χ2n) is 9.52. The highest BCUT2D eigenvalue weighted by Crippen LogP contribution is 2.68. The van der Waals surface area contributed by atoms with E-state index in [-0.39, 0.29) is 41.3 Å². The number of fused-ring (bicyclic) bond motifs is 2. The highest BCUT2D eigenvalue weighted by molar-refractivity contribution is 5.92. The Labute approximate surface area is 155 Å². The van der Waals surface area contributed by atoms with E-state index in [2.05, 4.69) is 13.5 Å². The van der Waals surface area contributed by atoms with Gasteiger partial charge in [-0.3, -0.25) is 9.59 Å². The van der Waals surface area contributed by atoms with Gasteiger partial charge in [-0.15, -0.1) is 0 Å². The number of aliphatic hydroxyl groups excluding tert-OH is 1. The van der Waals surface area contributed by atoms with Crippen LogP contribution < -0.4 is 0 Å². The molecule has 5 nitrogen and oxygen atoms in total. The topological polar surface area (TPSA) is 83.8 Å². The van der Waals surface area contributed by atoms with Crippen molar-refractivity contribution in [2.24, 2.45) is 28.6 Å². The number of aliphatic hydroxyl groups is 2. The predicted molar refractivity (Wildman–Crippen MR) is 97.2 cm³/mol. The standard InChI is InChI=1S/C21H32O5/c1-12-11-21-9-6-14(19(2,3)25)20(4,8-7-16(22)26-5)15(21)10-13(12)17(23)18(21)24/h13-15,17,23,25H,1,6-11H2,2-5H3. The SMILES string of the molecule is C=C1CC23CCC(C(C)(C)O)C(C)(CCC(=O)OC)C2CC1C(O)C3=O. The minimum absolute atomic E-state index is 0.0205. The lowest BCUT2D eigenvalue weighted by atomic mass is 9.38. The summed E-state index contributed by atoms with van der Waals surface area (Å²) >= 11 is 0. The second-order valence-corrected chi connectivity index (χ2v) is 9.52. The smallest absolute Gasteiger partial charge is 0.305 e. The molecule has 0 aliphatic heterocycles. The van der Waals surface area contributed by atoms with Gasteiger partial charge in [-0.25, -0.2) is 0 Å². The fourth-order valence-electron chi connectivity index (χ4n) is 6.64.